The zero-order valence-corrected chi connectivity index (χ0v) is 12.5. The average Bonchev–Trinajstić information content (AvgIpc) is 2.70. The van der Waals surface area contributed by atoms with Gasteiger partial charge in [-0.2, -0.15) is 0 Å². The third-order valence-electron chi connectivity index (χ3n) is 3.09. The molecule has 0 spiro atoms. The Kier molecular flexibility index (Phi) is 4.33. The Morgan fingerprint density at radius 1 is 1.39 bits per heavy atom. The van der Waals surface area contributed by atoms with Crippen LogP contribution in [0, 0.1) is 19.8 Å². The maximum Gasteiger partial charge on any atom is 0.161 e. The Morgan fingerprint density at radius 2 is 2.17 bits per heavy atom. The molecule has 0 radical (unpaired) electrons. The molecule has 1 aromatic carbocycles. The number of anilines is 1. The van der Waals surface area contributed by atoms with Crippen molar-refractivity contribution < 1.29 is 0 Å². The van der Waals surface area contributed by atoms with E-state index in [1.165, 1.54) is 23.2 Å². The summed E-state index contributed by atoms with van der Waals surface area (Å²) in [5, 5.41) is 5.19. The van der Waals surface area contributed by atoms with Gasteiger partial charge in [-0.05, 0) is 43.4 Å². The van der Waals surface area contributed by atoms with Crippen LogP contribution >= 0.6 is 11.8 Å². The molecule has 18 heavy (non-hydrogen) atoms. The molecule has 1 atom stereocenters. The molecule has 0 saturated heterocycles. The second-order valence-electron chi connectivity index (χ2n) is 5.46. The normalized spacial score (nSPS) is 19.2. The highest BCUT2D eigenvalue weighted by molar-refractivity contribution is 8.15. The van der Waals surface area contributed by atoms with Gasteiger partial charge in [0.05, 0.1) is 6.54 Å². The fraction of sp³-hybridized carbons (Fsp3) is 0.533. The van der Waals surface area contributed by atoms with Crippen LogP contribution in [0.2, 0.25) is 0 Å². The van der Waals surface area contributed by atoms with Gasteiger partial charge in [0.1, 0.15) is 0 Å². The molecule has 0 aromatic heterocycles. The van der Waals surface area contributed by atoms with E-state index in [0.29, 0.717) is 5.25 Å². The summed E-state index contributed by atoms with van der Waals surface area (Å²) >= 11 is 1.89. The van der Waals surface area contributed by atoms with Gasteiger partial charge in [0.25, 0.3) is 0 Å². The number of nitrogens with zero attached hydrogens (tertiary/aromatic N) is 1. The van der Waals surface area contributed by atoms with Crippen LogP contribution in [0.5, 0.6) is 0 Å². The molecular weight excluding hydrogens is 240 g/mol. The van der Waals surface area contributed by atoms with Gasteiger partial charge >= 0.3 is 0 Å². The fourth-order valence-electron chi connectivity index (χ4n) is 2.12. The first-order chi connectivity index (χ1) is 8.54. The van der Waals surface area contributed by atoms with Crippen LogP contribution in [0.4, 0.5) is 5.69 Å². The van der Waals surface area contributed by atoms with Gasteiger partial charge in [0.15, 0.2) is 5.17 Å². The Bertz CT molecular complexity index is 452. The van der Waals surface area contributed by atoms with Crippen LogP contribution < -0.4 is 5.32 Å². The van der Waals surface area contributed by atoms with Gasteiger partial charge in [0.2, 0.25) is 0 Å². The second kappa shape index (κ2) is 5.79. The molecule has 2 nitrogen and oxygen atoms in total. The van der Waals surface area contributed by atoms with Gasteiger partial charge in [-0.3, -0.25) is 4.99 Å². The van der Waals surface area contributed by atoms with Crippen molar-refractivity contribution in [3.05, 3.63) is 29.3 Å². The highest BCUT2D eigenvalue weighted by Gasteiger charge is 2.20. The summed E-state index contributed by atoms with van der Waals surface area (Å²) < 4.78 is 0. The van der Waals surface area contributed by atoms with E-state index in [4.69, 9.17) is 0 Å². The third-order valence-corrected chi connectivity index (χ3v) is 4.22. The summed E-state index contributed by atoms with van der Waals surface area (Å²) in [5.74, 6) is 0.748. The van der Waals surface area contributed by atoms with Crippen molar-refractivity contribution in [2.75, 3.05) is 11.9 Å². The highest BCUT2D eigenvalue weighted by atomic mass is 32.2. The number of amidine groups is 1. The molecule has 1 heterocycles. The summed E-state index contributed by atoms with van der Waals surface area (Å²) in [5.41, 5.74) is 3.74. The summed E-state index contributed by atoms with van der Waals surface area (Å²) in [4.78, 5) is 4.60. The SMILES string of the molecule is Cc1ccc(C)c(NC2=NCC(CC(C)C)S2)c1. The molecule has 1 aliphatic rings. The third kappa shape index (κ3) is 3.52. The summed E-state index contributed by atoms with van der Waals surface area (Å²) in [7, 11) is 0. The molecule has 1 N–H and O–H groups in total. The molecule has 0 amide bonds. The van der Waals surface area contributed by atoms with E-state index in [0.717, 1.165) is 17.6 Å². The van der Waals surface area contributed by atoms with Crippen molar-refractivity contribution in [2.45, 2.75) is 39.4 Å². The number of nitrogens with one attached hydrogen (secondary N) is 1. The molecule has 0 bridgehead atoms. The monoisotopic (exact) mass is 262 g/mol. The minimum atomic E-state index is 0.651. The van der Waals surface area contributed by atoms with Gasteiger partial charge in [-0.25, -0.2) is 0 Å². The first-order valence-corrected chi connectivity index (χ1v) is 7.48. The Morgan fingerprint density at radius 3 is 2.89 bits per heavy atom. The Hall–Kier alpha value is -0.960. The lowest BCUT2D eigenvalue weighted by Gasteiger charge is -2.12. The van der Waals surface area contributed by atoms with Gasteiger partial charge in [-0.1, -0.05) is 37.7 Å². The molecular formula is C15H22N2S. The Balaban J connectivity index is 1.97. The molecule has 1 unspecified atom stereocenters. The quantitative estimate of drug-likeness (QED) is 0.881. The highest BCUT2D eigenvalue weighted by Crippen LogP contribution is 2.28. The van der Waals surface area contributed by atoms with E-state index in [2.05, 4.69) is 56.2 Å². The smallest absolute Gasteiger partial charge is 0.161 e. The number of rotatable bonds is 3. The lowest BCUT2D eigenvalue weighted by molar-refractivity contribution is 0.575. The van der Waals surface area contributed by atoms with Crippen molar-refractivity contribution >= 4 is 22.6 Å². The maximum atomic E-state index is 4.60. The minimum absolute atomic E-state index is 0.651. The molecule has 1 aliphatic heterocycles. The zero-order chi connectivity index (χ0) is 13.1. The number of benzene rings is 1. The zero-order valence-electron chi connectivity index (χ0n) is 11.7. The summed E-state index contributed by atoms with van der Waals surface area (Å²) in [6, 6.07) is 6.49. The van der Waals surface area contributed by atoms with E-state index in [1.54, 1.807) is 0 Å². The molecule has 0 saturated carbocycles. The predicted molar refractivity (Wildman–Crippen MR) is 82.7 cm³/mol. The van der Waals surface area contributed by atoms with Crippen LogP contribution in [0.1, 0.15) is 31.4 Å². The van der Waals surface area contributed by atoms with E-state index >= 15 is 0 Å². The number of aryl methyl sites for hydroxylation is 2. The number of thioether (sulfide) groups is 1. The van der Waals surface area contributed by atoms with Gasteiger partial charge < -0.3 is 5.32 Å². The second-order valence-corrected chi connectivity index (χ2v) is 6.75. The van der Waals surface area contributed by atoms with Crippen molar-refractivity contribution in [3.8, 4) is 0 Å². The maximum absolute atomic E-state index is 4.60. The van der Waals surface area contributed by atoms with Gasteiger partial charge in [0, 0.05) is 10.9 Å². The molecule has 1 aromatic rings. The predicted octanol–water partition coefficient (Wildman–Crippen LogP) is 4.23. The summed E-state index contributed by atoms with van der Waals surface area (Å²) in [6.07, 6.45) is 1.24. The van der Waals surface area contributed by atoms with E-state index in [9.17, 15) is 0 Å². The van der Waals surface area contributed by atoms with Crippen molar-refractivity contribution in [2.24, 2.45) is 10.9 Å². The van der Waals surface area contributed by atoms with Crippen LogP contribution in [0.15, 0.2) is 23.2 Å². The van der Waals surface area contributed by atoms with Gasteiger partial charge in [-0.15, -0.1) is 0 Å². The van der Waals surface area contributed by atoms with Crippen LogP contribution in [0.25, 0.3) is 0 Å². The Labute approximate surface area is 114 Å². The average molecular weight is 262 g/mol. The van der Waals surface area contributed by atoms with Crippen molar-refractivity contribution in [1.29, 1.82) is 0 Å². The molecule has 98 valence electrons. The van der Waals surface area contributed by atoms with Crippen LogP contribution in [0.3, 0.4) is 0 Å². The molecule has 0 fully saturated rings. The molecule has 3 heteroatoms. The van der Waals surface area contributed by atoms with Crippen molar-refractivity contribution in [3.63, 3.8) is 0 Å². The largest absolute Gasteiger partial charge is 0.335 e. The lowest BCUT2D eigenvalue weighted by atomic mass is 10.1. The van der Waals surface area contributed by atoms with Crippen LogP contribution in [-0.2, 0) is 0 Å². The van der Waals surface area contributed by atoms with Crippen LogP contribution in [-0.4, -0.2) is 17.0 Å². The van der Waals surface area contributed by atoms with Crippen molar-refractivity contribution in [1.82, 2.24) is 0 Å². The lowest BCUT2D eigenvalue weighted by Crippen LogP contribution is -2.10. The minimum Gasteiger partial charge on any atom is -0.335 e. The first kappa shape index (κ1) is 13.5. The molecule has 2 rings (SSSR count). The number of hydrogen-bond donors (Lipinski definition) is 1. The standard InChI is InChI=1S/C15H22N2S/c1-10(2)7-13-9-16-15(18-13)17-14-8-11(3)5-6-12(14)4/h5-6,8,10,13H,7,9H2,1-4H3,(H,16,17). The topological polar surface area (TPSA) is 24.4 Å². The van der Waals surface area contributed by atoms with E-state index < -0.39 is 0 Å². The summed E-state index contributed by atoms with van der Waals surface area (Å²) in [6.45, 7) is 9.76. The molecule has 0 aliphatic carbocycles. The number of hydrogen-bond acceptors (Lipinski definition) is 3. The van der Waals surface area contributed by atoms with E-state index in [-0.39, 0.29) is 0 Å². The first-order valence-electron chi connectivity index (χ1n) is 6.60. The number of aliphatic imine (C=N–C) groups is 1. The van der Waals surface area contributed by atoms with E-state index in [1.807, 2.05) is 11.8 Å². The fourth-order valence-corrected chi connectivity index (χ4v) is 3.38.